The Bertz CT molecular complexity index is 3590. The van der Waals surface area contributed by atoms with Crippen molar-refractivity contribution in [2.24, 2.45) is 0 Å². The zero-order valence-corrected chi connectivity index (χ0v) is 37.8. The first-order chi connectivity index (χ1) is 35.1. The fourth-order valence-electron chi connectivity index (χ4n) is 9.13. The Morgan fingerprint density at radius 1 is 0.301 bits per heavy atom. The number of fused-ring (bicyclic) bond motifs is 3. The quantitative estimate of drug-likeness (QED) is 0.142. The smallest absolute Gasteiger partial charge is 0.308 e. The van der Waals surface area contributed by atoms with Gasteiger partial charge >= 0.3 is 18.5 Å². The molecule has 0 unspecified atom stereocenters. The normalized spacial score (nSPS) is 12.2. The molecule has 0 N–H and O–H groups in total. The lowest BCUT2D eigenvalue weighted by Gasteiger charge is -2.22. The number of aromatic nitrogens is 5. The van der Waals surface area contributed by atoms with E-state index in [0.29, 0.717) is 61.5 Å². The molecule has 0 amide bonds. The van der Waals surface area contributed by atoms with Crippen LogP contribution in [0.3, 0.4) is 0 Å². The summed E-state index contributed by atoms with van der Waals surface area (Å²) in [5.74, 6) is 0.427. The summed E-state index contributed by atoms with van der Waals surface area (Å²) < 4.78 is 134. The van der Waals surface area contributed by atoms with Gasteiger partial charge in [0.1, 0.15) is 0 Å². The SMILES string of the molecule is FC(F)(F)c1cc(-c2cc(-c3ccccc3)nc(-c3ccccc3)n2)c(-n2c3ccccc3c3cc(-c4ccc(C(F)(F)F)cc4C(F)(F)F)ccc32)c(-c2cc(-c3ccccc3)nc(-c3ccccc3)n2)c1. The highest BCUT2D eigenvalue weighted by atomic mass is 19.4. The van der Waals surface area contributed by atoms with Gasteiger partial charge in [0, 0.05) is 44.2 Å². The summed E-state index contributed by atoms with van der Waals surface area (Å²) in [5, 5.41) is 0.833. The third-order valence-corrected chi connectivity index (χ3v) is 12.5. The maximum Gasteiger partial charge on any atom is 0.417 e. The molecule has 0 spiro atoms. The van der Waals surface area contributed by atoms with Crippen molar-refractivity contribution in [2.45, 2.75) is 18.5 Å². The summed E-state index contributed by atoms with van der Waals surface area (Å²) >= 11 is 0. The van der Waals surface area contributed by atoms with E-state index in [4.69, 9.17) is 19.9 Å². The highest BCUT2D eigenvalue weighted by molar-refractivity contribution is 6.12. The predicted octanol–water partition coefficient (Wildman–Crippen LogP) is 17.1. The molecule has 14 heteroatoms. The van der Waals surface area contributed by atoms with Crippen molar-refractivity contribution in [3.63, 3.8) is 0 Å². The van der Waals surface area contributed by atoms with E-state index in [1.165, 1.54) is 18.2 Å². The van der Waals surface area contributed by atoms with Crippen LogP contribution in [0.15, 0.2) is 206 Å². The monoisotopic (exact) mass is 983 g/mol. The van der Waals surface area contributed by atoms with Gasteiger partial charge in [-0.05, 0) is 65.7 Å². The van der Waals surface area contributed by atoms with Crippen LogP contribution in [0.5, 0.6) is 0 Å². The van der Waals surface area contributed by atoms with Crippen molar-refractivity contribution in [2.75, 3.05) is 0 Å². The van der Waals surface area contributed by atoms with Crippen molar-refractivity contribution in [1.82, 2.24) is 24.5 Å². The molecule has 0 saturated carbocycles. The molecule has 0 bridgehead atoms. The molecule has 0 aliphatic heterocycles. The molecule has 0 fully saturated rings. The molecule has 0 saturated heterocycles. The van der Waals surface area contributed by atoms with Gasteiger partial charge in [-0.25, -0.2) is 19.9 Å². The first-order valence-electron chi connectivity index (χ1n) is 22.7. The number of rotatable bonds is 8. The maximum absolute atomic E-state index is 15.7. The van der Waals surface area contributed by atoms with Crippen LogP contribution in [-0.4, -0.2) is 24.5 Å². The van der Waals surface area contributed by atoms with E-state index in [1.54, 1.807) is 89.5 Å². The summed E-state index contributed by atoms with van der Waals surface area (Å²) in [6.07, 6.45) is -15.1. The van der Waals surface area contributed by atoms with Gasteiger partial charge in [0.05, 0.1) is 56.2 Å². The standard InChI is InChI=1S/C59H34F9N5/c60-57(61,62)40-26-27-42(47(32-40)59(66,67)68)39-25-28-53-44(29-39)43-23-13-14-24-52(43)73(53)54-45(50-33-48(35-15-5-1-6-16-35)69-55(71-50)37-19-9-3-10-20-37)30-41(58(63,64)65)31-46(54)51-34-49(36-17-7-2-8-18-36)70-56(72-51)38-21-11-4-12-22-38/h1-34H. The summed E-state index contributed by atoms with van der Waals surface area (Å²) in [7, 11) is 0. The Balaban J connectivity index is 1.28. The van der Waals surface area contributed by atoms with E-state index in [1.807, 2.05) is 72.8 Å². The topological polar surface area (TPSA) is 56.5 Å². The largest absolute Gasteiger partial charge is 0.417 e. The number of hydrogen-bond acceptors (Lipinski definition) is 4. The number of alkyl halides is 9. The van der Waals surface area contributed by atoms with Crippen molar-refractivity contribution < 1.29 is 39.5 Å². The minimum absolute atomic E-state index is 0.00320. The summed E-state index contributed by atoms with van der Waals surface area (Å²) in [6.45, 7) is 0. The number of para-hydroxylation sites is 1. The molecule has 0 atom stereocenters. The maximum atomic E-state index is 15.7. The highest BCUT2D eigenvalue weighted by Gasteiger charge is 2.39. The van der Waals surface area contributed by atoms with Gasteiger partial charge in [-0.2, -0.15) is 39.5 Å². The summed E-state index contributed by atoms with van der Waals surface area (Å²) in [4.78, 5) is 19.9. The molecule has 0 aliphatic carbocycles. The van der Waals surface area contributed by atoms with Crippen molar-refractivity contribution >= 4 is 21.8 Å². The first kappa shape index (κ1) is 46.5. The third kappa shape index (κ3) is 8.96. The van der Waals surface area contributed by atoms with Crippen molar-refractivity contribution in [3.05, 3.63) is 223 Å². The predicted molar refractivity (Wildman–Crippen MR) is 265 cm³/mol. The van der Waals surface area contributed by atoms with Gasteiger partial charge in [-0.3, -0.25) is 0 Å². The summed E-state index contributed by atoms with van der Waals surface area (Å²) in [6, 6.07) is 54.1. The Morgan fingerprint density at radius 2 is 0.740 bits per heavy atom. The lowest BCUT2D eigenvalue weighted by Crippen LogP contribution is -2.12. The van der Waals surface area contributed by atoms with Crippen LogP contribution in [0.1, 0.15) is 16.7 Å². The second kappa shape index (κ2) is 18.0. The van der Waals surface area contributed by atoms with E-state index in [9.17, 15) is 26.3 Å². The van der Waals surface area contributed by atoms with Crippen LogP contribution in [0.2, 0.25) is 0 Å². The molecule has 5 nitrogen and oxygen atoms in total. The zero-order valence-electron chi connectivity index (χ0n) is 37.8. The lowest BCUT2D eigenvalue weighted by atomic mass is 9.94. The van der Waals surface area contributed by atoms with Gasteiger partial charge in [0.2, 0.25) is 0 Å². The Hall–Kier alpha value is -8.91. The van der Waals surface area contributed by atoms with Gasteiger partial charge in [-0.1, -0.05) is 152 Å². The van der Waals surface area contributed by atoms with Crippen LogP contribution in [0.4, 0.5) is 39.5 Å². The fourth-order valence-corrected chi connectivity index (χ4v) is 9.13. The average Bonchev–Trinajstić information content (AvgIpc) is 3.73. The Morgan fingerprint density at radius 3 is 1.22 bits per heavy atom. The number of benzene rings is 8. The lowest BCUT2D eigenvalue weighted by molar-refractivity contribution is -0.143. The van der Waals surface area contributed by atoms with Gasteiger partial charge < -0.3 is 4.57 Å². The average molecular weight is 984 g/mol. The number of hydrogen-bond donors (Lipinski definition) is 0. The van der Waals surface area contributed by atoms with Crippen LogP contribution in [-0.2, 0) is 18.5 Å². The molecule has 11 aromatic rings. The van der Waals surface area contributed by atoms with Crippen molar-refractivity contribution in [3.8, 4) is 84.6 Å². The minimum atomic E-state index is -5.17. The molecule has 3 aromatic heterocycles. The van der Waals surface area contributed by atoms with Gasteiger partial charge in [0.25, 0.3) is 0 Å². The van der Waals surface area contributed by atoms with Crippen LogP contribution < -0.4 is 0 Å². The van der Waals surface area contributed by atoms with Crippen molar-refractivity contribution in [1.29, 1.82) is 0 Å². The molecule has 11 rings (SSSR count). The van der Waals surface area contributed by atoms with Gasteiger partial charge in [0.15, 0.2) is 11.6 Å². The first-order valence-corrected chi connectivity index (χ1v) is 22.7. The Kier molecular flexibility index (Phi) is 11.5. The van der Waals surface area contributed by atoms with Gasteiger partial charge in [-0.15, -0.1) is 0 Å². The molecule has 73 heavy (non-hydrogen) atoms. The fraction of sp³-hybridized carbons (Fsp3) is 0.0508. The summed E-state index contributed by atoms with van der Waals surface area (Å²) in [5.41, 5.74) is -0.134. The molecular weight excluding hydrogens is 950 g/mol. The molecule has 3 heterocycles. The van der Waals surface area contributed by atoms with Crippen LogP contribution in [0, 0.1) is 0 Å². The molecule has 0 radical (unpaired) electrons. The molecular formula is C59H34F9N5. The minimum Gasteiger partial charge on any atom is -0.308 e. The van der Waals surface area contributed by atoms with E-state index >= 15 is 13.2 Å². The van der Waals surface area contributed by atoms with Crippen LogP contribution in [0.25, 0.3) is 106 Å². The Labute approximate surface area is 410 Å². The van der Waals surface area contributed by atoms with E-state index in [0.717, 1.165) is 18.2 Å². The number of halogens is 9. The number of nitrogens with zero attached hydrogens (tertiary/aromatic N) is 5. The van der Waals surface area contributed by atoms with Crippen LogP contribution >= 0.6 is 0 Å². The second-order valence-electron chi connectivity index (χ2n) is 17.1. The molecule has 0 aliphatic rings. The zero-order chi connectivity index (χ0) is 50.6. The highest BCUT2D eigenvalue weighted by Crippen LogP contribution is 2.47. The second-order valence-corrected chi connectivity index (χ2v) is 17.1. The van der Waals surface area contributed by atoms with E-state index in [-0.39, 0.29) is 51.5 Å². The molecule has 358 valence electrons. The third-order valence-electron chi connectivity index (χ3n) is 12.5. The molecule has 8 aromatic carbocycles. The van der Waals surface area contributed by atoms with E-state index < -0.39 is 40.8 Å². The van der Waals surface area contributed by atoms with E-state index in [2.05, 4.69) is 0 Å².